The molecule has 1 aliphatic rings. The minimum absolute atomic E-state index is 0.00202. The minimum Gasteiger partial charge on any atom is -0.375 e. The van der Waals surface area contributed by atoms with Crippen LogP contribution in [0.5, 0.6) is 0 Å². The van der Waals surface area contributed by atoms with Gasteiger partial charge < -0.3 is 4.74 Å². The summed E-state index contributed by atoms with van der Waals surface area (Å²) in [4.78, 5) is 0.353. The number of ether oxygens (including phenoxy) is 1. The van der Waals surface area contributed by atoms with Crippen LogP contribution < -0.4 is 0 Å². The highest BCUT2D eigenvalue weighted by molar-refractivity contribution is 7.89. The summed E-state index contributed by atoms with van der Waals surface area (Å²) in [6, 6.07) is 17.3. The molecule has 0 saturated carbocycles. The second-order valence-electron chi connectivity index (χ2n) is 7.82. The average Bonchev–Trinajstić information content (AvgIpc) is 2.62. The molecule has 1 fully saturated rings. The van der Waals surface area contributed by atoms with Gasteiger partial charge in [0.1, 0.15) is 0 Å². The number of benzene rings is 2. The van der Waals surface area contributed by atoms with Crippen LogP contribution in [-0.2, 0) is 26.6 Å². The van der Waals surface area contributed by atoms with Crippen LogP contribution in [0.25, 0.3) is 0 Å². The molecule has 1 saturated heterocycles. The van der Waals surface area contributed by atoms with Gasteiger partial charge in [-0.1, -0.05) is 63.2 Å². The normalized spacial score (nSPS) is 19.4. The third kappa shape index (κ3) is 4.34. The summed E-state index contributed by atoms with van der Waals surface area (Å²) in [5, 5.41) is 0. The van der Waals surface area contributed by atoms with Crippen molar-refractivity contribution in [3.63, 3.8) is 0 Å². The van der Waals surface area contributed by atoms with Crippen LogP contribution in [0.3, 0.4) is 0 Å². The lowest BCUT2D eigenvalue weighted by atomic mass is 9.87. The van der Waals surface area contributed by atoms with Crippen molar-refractivity contribution in [3.8, 4) is 0 Å². The third-order valence-corrected chi connectivity index (χ3v) is 6.65. The number of sulfonamides is 1. The van der Waals surface area contributed by atoms with Crippen LogP contribution >= 0.6 is 0 Å². The topological polar surface area (TPSA) is 46.6 Å². The maximum Gasteiger partial charge on any atom is 0.243 e. The maximum atomic E-state index is 13.0. The molecule has 1 unspecified atom stereocenters. The molecule has 1 atom stereocenters. The molecule has 2 aromatic rings. The molecule has 5 heteroatoms. The van der Waals surface area contributed by atoms with Crippen LogP contribution in [0.15, 0.2) is 59.5 Å². The molecule has 140 valence electrons. The first-order chi connectivity index (χ1) is 12.3. The van der Waals surface area contributed by atoms with E-state index < -0.39 is 10.0 Å². The Morgan fingerprint density at radius 2 is 1.69 bits per heavy atom. The van der Waals surface area contributed by atoms with Gasteiger partial charge in [-0.2, -0.15) is 4.31 Å². The number of hydrogen-bond donors (Lipinski definition) is 0. The summed E-state index contributed by atoms with van der Waals surface area (Å²) >= 11 is 0. The van der Waals surface area contributed by atoms with Crippen LogP contribution in [-0.4, -0.2) is 38.5 Å². The van der Waals surface area contributed by atoms with E-state index in [2.05, 4.69) is 20.8 Å². The Labute approximate surface area is 156 Å². The van der Waals surface area contributed by atoms with E-state index in [9.17, 15) is 8.42 Å². The average molecular weight is 374 g/mol. The van der Waals surface area contributed by atoms with Crippen molar-refractivity contribution < 1.29 is 13.2 Å². The molecule has 1 heterocycles. The fourth-order valence-corrected chi connectivity index (χ4v) is 4.64. The number of rotatable bonds is 4. The molecule has 0 aromatic heterocycles. The fraction of sp³-hybridized carbons (Fsp3) is 0.429. The zero-order valence-electron chi connectivity index (χ0n) is 15.7. The first kappa shape index (κ1) is 19.1. The van der Waals surface area contributed by atoms with Gasteiger partial charge in [0.05, 0.1) is 17.6 Å². The molecule has 0 amide bonds. The molecule has 0 bridgehead atoms. The predicted octanol–water partition coefficient (Wildman–Crippen LogP) is 3.62. The van der Waals surface area contributed by atoms with Crippen molar-refractivity contribution in [1.82, 2.24) is 4.31 Å². The highest BCUT2D eigenvalue weighted by Gasteiger charge is 2.31. The molecule has 3 rings (SSSR count). The Balaban J connectivity index is 1.74. The number of nitrogens with zero attached hydrogens (tertiary/aromatic N) is 1. The summed E-state index contributed by atoms with van der Waals surface area (Å²) < 4.78 is 33.4. The minimum atomic E-state index is -3.50. The SMILES string of the molecule is CC(C)(C)c1ccc(S(=O)(=O)N2CCOC(Cc3ccccc3)C2)cc1. The molecular formula is C21H27NO3S. The van der Waals surface area contributed by atoms with Crippen molar-refractivity contribution >= 4 is 10.0 Å². The summed E-state index contributed by atoms with van der Waals surface area (Å²) in [7, 11) is -3.50. The molecule has 26 heavy (non-hydrogen) atoms. The predicted molar refractivity (Wildman–Crippen MR) is 104 cm³/mol. The van der Waals surface area contributed by atoms with Gasteiger partial charge in [-0.15, -0.1) is 0 Å². The van der Waals surface area contributed by atoms with E-state index in [1.807, 2.05) is 42.5 Å². The van der Waals surface area contributed by atoms with Crippen molar-refractivity contribution in [2.75, 3.05) is 19.7 Å². The Morgan fingerprint density at radius 3 is 2.31 bits per heavy atom. The van der Waals surface area contributed by atoms with E-state index >= 15 is 0 Å². The summed E-state index contributed by atoms with van der Waals surface area (Å²) in [6.45, 7) is 7.57. The lowest BCUT2D eigenvalue weighted by Gasteiger charge is -2.32. The van der Waals surface area contributed by atoms with Gasteiger partial charge >= 0.3 is 0 Å². The molecule has 4 nitrogen and oxygen atoms in total. The zero-order chi connectivity index (χ0) is 18.8. The van der Waals surface area contributed by atoms with E-state index in [4.69, 9.17) is 4.74 Å². The van der Waals surface area contributed by atoms with E-state index in [0.717, 1.165) is 17.5 Å². The lowest BCUT2D eigenvalue weighted by molar-refractivity contribution is -0.000495. The highest BCUT2D eigenvalue weighted by atomic mass is 32.2. The molecule has 0 N–H and O–H groups in total. The van der Waals surface area contributed by atoms with E-state index in [1.54, 1.807) is 16.4 Å². The van der Waals surface area contributed by atoms with Gasteiger partial charge in [-0.05, 0) is 35.1 Å². The zero-order valence-corrected chi connectivity index (χ0v) is 16.5. The highest BCUT2D eigenvalue weighted by Crippen LogP contribution is 2.25. The standard InChI is InChI=1S/C21H27NO3S/c1-21(2,3)18-9-11-20(12-10-18)26(23,24)22-13-14-25-19(16-22)15-17-7-5-4-6-8-17/h4-12,19H,13-16H2,1-3H3. The summed E-state index contributed by atoms with van der Waals surface area (Å²) in [6.07, 6.45) is 0.602. The van der Waals surface area contributed by atoms with Crippen LogP contribution in [0, 0.1) is 0 Å². The van der Waals surface area contributed by atoms with Crippen LogP contribution in [0.1, 0.15) is 31.9 Å². The van der Waals surface area contributed by atoms with Crippen molar-refractivity contribution in [1.29, 1.82) is 0 Å². The van der Waals surface area contributed by atoms with Gasteiger partial charge in [-0.25, -0.2) is 8.42 Å². The molecular weight excluding hydrogens is 346 g/mol. The Hall–Kier alpha value is -1.69. The lowest BCUT2D eigenvalue weighted by Crippen LogP contribution is -2.46. The van der Waals surface area contributed by atoms with Gasteiger partial charge in [-0.3, -0.25) is 0 Å². The second-order valence-corrected chi connectivity index (χ2v) is 9.76. The van der Waals surface area contributed by atoms with Crippen LogP contribution in [0.2, 0.25) is 0 Å². The Bertz CT molecular complexity index is 824. The van der Waals surface area contributed by atoms with Crippen molar-refractivity contribution in [3.05, 3.63) is 65.7 Å². The van der Waals surface area contributed by atoms with Gasteiger partial charge in [0.2, 0.25) is 10.0 Å². The monoisotopic (exact) mass is 373 g/mol. The Kier molecular flexibility index (Phi) is 5.51. The fourth-order valence-electron chi connectivity index (χ4n) is 3.19. The second kappa shape index (κ2) is 7.51. The van der Waals surface area contributed by atoms with Crippen LogP contribution in [0.4, 0.5) is 0 Å². The van der Waals surface area contributed by atoms with E-state index in [0.29, 0.717) is 24.6 Å². The summed E-state index contributed by atoms with van der Waals surface area (Å²) in [5.41, 5.74) is 2.29. The van der Waals surface area contributed by atoms with Gasteiger partial charge in [0.15, 0.2) is 0 Å². The van der Waals surface area contributed by atoms with Gasteiger partial charge in [0, 0.05) is 13.1 Å². The molecule has 0 aliphatic carbocycles. The quantitative estimate of drug-likeness (QED) is 0.822. The van der Waals surface area contributed by atoms with Crippen molar-refractivity contribution in [2.24, 2.45) is 0 Å². The largest absolute Gasteiger partial charge is 0.375 e. The Morgan fingerprint density at radius 1 is 1.04 bits per heavy atom. The van der Waals surface area contributed by atoms with Gasteiger partial charge in [0.25, 0.3) is 0 Å². The first-order valence-electron chi connectivity index (χ1n) is 9.03. The van der Waals surface area contributed by atoms with Crippen molar-refractivity contribution in [2.45, 2.75) is 43.6 Å². The molecule has 0 radical (unpaired) electrons. The van der Waals surface area contributed by atoms with E-state index in [-0.39, 0.29) is 11.5 Å². The summed E-state index contributed by atoms with van der Waals surface area (Å²) in [5.74, 6) is 0. The van der Waals surface area contributed by atoms with E-state index in [1.165, 1.54) is 0 Å². The maximum absolute atomic E-state index is 13.0. The smallest absolute Gasteiger partial charge is 0.243 e. The molecule has 2 aromatic carbocycles. The number of morpholine rings is 1. The third-order valence-electron chi connectivity index (χ3n) is 4.77. The number of hydrogen-bond acceptors (Lipinski definition) is 3. The molecule has 1 aliphatic heterocycles. The molecule has 0 spiro atoms. The first-order valence-corrected chi connectivity index (χ1v) is 10.5.